The topological polar surface area (TPSA) is 115 Å². The molecule has 0 bridgehead atoms. The Morgan fingerprint density at radius 2 is 2.18 bits per heavy atom. The summed E-state index contributed by atoms with van der Waals surface area (Å²) in [5.74, 6) is 0. The zero-order valence-corrected chi connectivity index (χ0v) is 8.27. The van der Waals surface area contributed by atoms with Crippen LogP contribution in [0.25, 0.3) is 17.0 Å². The summed E-state index contributed by atoms with van der Waals surface area (Å²) in [5, 5.41) is 24.6. The fourth-order valence-electron chi connectivity index (χ4n) is 1.45. The number of hydrogen-bond donors (Lipinski definition) is 1. The van der Waals surface area contributed by atoms with Crippen LogP contribution in [0.2, 0.25) is 0 Å². The third kappa shape index (κ3) is 1.40. The molecule has 0 atom stereocenters. The van der Waals surface area contributed by atoms with Crippen molar-refractivity contribution in [3.05, 3.63) is 34.4 Å². The first kappa shape index (κ1) is 9.39. The number of aromatic amines is 1. The van der Waals surface area contributed by atoms with E-state index in [4.69, 9.17) is 0 Å². The molecule has 0 saturated heterocycles. The Morgan fingerprint density at radius 3 is 2.94 bits per heavy atom. The van der Waals surface area contributed by atoms with Crippen LogP contribution in [0.5, 0.6) is 0 Å². The molecule has 0 aliphatic heterocycles. The molecule has 84 valence electrons. The van der Waals surface area contributed by atoms with E-state index in [9.17, 15) is 10.1 Å². The van der Waals surface area contributed by atoms with E-state index in [0.29, 0.717) is 11.3 Å². The maximum Gasteiger partial charge on any atom is 0.345 e. The number of nitro benzene ring substituents is 1. The highest BCUT2D eigenvalue weighted by atomic mass is 16.6. The molecule has 9 heteroatoms. The van der Waals surface area contributed by atoms with Crippen LogP contribution in [0.4, 0.5) is 5.69 Å². The largest absolute Gasteiger partial charge is 0.345 e. The Balaban J connectivity index is 2.21. The number of nitro groups is 1. The van der Waals surface area contributed by atoms with E-state index in [1.54, 1.807) is 18.2 Å². The molecule has 9 nitrogen and oxygen atoms in total. The van der Waals surface area contributed by atoms with Crippen molar-refractivity contribution in [2.45, 2.75) is 0 Å². The van der Waals surface area contributed by atoms with E-state index in [-0.39, 0.29) is 11.3 Å². The van der Waals surface area contributed by atoms with Crippen LogP contribution >= 0.6 is 0 Å². The van der Waals surface area contributed by atoms with Crippen LogP contribution in [0, 0.1) is 10.1 Å². The molecule has 0 fully saturated rings. The lowest BCUT2D eigenvalue weighted by Crippen LogP contribution is -2.36. The van der Waals surface area contributed by atoms with Crippen LogP contribution in [-0.2, 0) is 0 Å². The second-order valence-corrected chi connectivity index (χ2v) is 3.21. The van der Waals surface area contributed by atoms with Crippen molar-refractivity contribution in [2.24, 2.45) is 0 Å². The van der Waals surface area contributed by atoms with E-state index >= 15 is 0 Å². The van der Waals surface area contributed by atoms with Crippen molar-refractivity contribution in [3.8, 4) is 5.69 Å². The Bertz CT molecular complexity index is 673. The van der Waals surface area contributed by atoms with Gasteiger partial charge in [0.05, 0.1) is 10.0 Å². The average Bonchev–Trinajstić information content (AvgIpc) is 2.88. The van der Waals surface area contributed by atoms with Gasteiger partial charge in [0.2, 0.25) is 0 Å². The lowest BCUT2D eigenvalue weighted by Gasteiger charge is -1.91. The molecular weight excluding hydrogens is 228 g/mol. The van der Waals surface area contributed by atoms with Crippen LogP contribution in [-0.4, -0.2) is 25.4 Å². The van der Waals surface area contributed by atoms with E-state index in [1.807, 2.05) is 0 Å². The van der Waals surface area contributed by atoms with E-state index in [1.165, 1.54) is 10.9 Å². The number of nitrogens with one attached hydrogen (secondary N) is 1. The van der Waals surface area contributed by atoms with Gasteiger partial charge in [0.1, 0.15) is 0 Å². The highest BCUT2D eigenvalue weighted by Gasteiger charge is 2.26. The number of fused-ring (bicyclic) bond motifs is 1. The Kier molecular flexibility index (Phi) is 1.84. The normalized spacial score (nSPS) is 10.8. The van der Waals surface area contributed by atoms with Gasteiger partial charge in [-0.25, -0.2) is 4.63 Å². The highest BCUT2D eigenvalue weighted by molar-refractivity contribution is 5.60. The second-order valence-electron chi connectivity index (χ2n) is 3.21. The minimum absolute atomic E-state index is 0.0640. The van der Waals surface area contributed by atoms with Gasteiger partial charge in [0, 0.05) is 16.9 Å². The molecule has 0 amide bonds. The van der Waals surface area contributed by atoms with Crippen molar-refractivity contribution >= 4 is 17.0 Å². The molecule has 0 saturated carbocycles. The molecule has 17 heavy (non-hydrogen) atoms. The molecule has 2 aromatic heterocycles. The van der Waals surface area contributed by atoms with Gasteiger partial charge in [-0.05, 0) is 10.3 Å². The van der Waals surface area contributed by atoms with Crippen LogP contribution in [0.1, 0.15) is 0 Å². The van der Waals surface area contributed by atoms with Gasteiger partial charge in [-0.15, -0.1) is 5.10 Å². The molecule has 0 aliphatic rings. The minimum atomic E-state index is -0.485. The smallest absolute Gasteiger partial charge is 0.258 e. The summed E-state index contributed by atoms with van der Waals surface area (Å²) in [6.07, 6.45) is 0. The van der Waals surface area contributed by atoms with E-state index in [0.717, 1.165) is 0 Å². The first-order chi connectivity index (χ1) is 8.25. The third-order valence-corrected chi connectivity index (χ3v) is 2.18. The third-order valence-electron chi connectivity index (χ3n) is 2.18. The summed E-state index contributed by atoms with van der Waals surface area (Å²) in [4.78, 5) is 11.6. The molecular formula is C8H5N6O3+. The number of H-pyrrole nitrogens is 1. The Hall–Kier alpha value is -2.84. The van der Waals surface area contributed by atoms with Gasteiger partial charge in [-0.3, -0.25) is 10.1 Å². The summed E-state index contributed by atoms with van der Waals surface area (Å²) in [6, 6.07) is 6.21. The number of hydrogen-bond acceptors (Lipinski definition) is 6. The highest BCUT2D eigenvalue weighted by Crippen LogP contribution is 2.16. The van der Waals surface area contributed by atoms with Gasteiger partial charge < -0.3 is 0 Å². The van der Waals surface area contributed by atoms with E-state index < -0.39 is 4.92 Å². The van der Waals surface area contributed by atoms with E-state index in [2.05, 4.69) is 25.1 Å². The minimum Gasteiger partial charge on any atom is -0.258 e. The van der Waals surface area contributed by atoms with Crippen LogP contribution in [0.3, 0.4) is 0 Å². The molecule has 3 aromatic rings. The fourth-order valence-corrected chi connectivity index (χ4v) is 1.45. The van der Waals surface area contributed by atoms with Crippen molar-refractivity contribution in [1.29, 1.82) is 0 Å². The maximum atomic E-state index is 10.8. The summed E-state index contributed by atoms with van der Waals surface area (Å²) < 4.78 is 4.43. The molecule has 1 aromatic carbocycles. The lowest BCUT2D eigenvalue weighted by atomic mass is 10.3. The standard InChI is InChI=1S/C8H5N6O3/c15-14(16)6-4-2-1-3-5(6)13-9-7-8(10-13)12-17-11-7/h1-4H,(H,9,10,11,12)/q+1. The summed E-state index contributed by atoms with van der Waals surface area (Å²) in [7, 11) is 0. The zero-order valence-electron chi connectivity index (χ0n) is 8.27. The molecule has 1 N–H and O–H groups in total. The fraction of sp³-hybridized carbons (Fsp3) is 0. The maximum absolute atomic E-state index is 10.8. The molecule has 2 heterocycles. The summed E-state index contributed by atoms with van der Waals surface area (Å²) in [6.45, 7) is 0. The first-order valence-electron chi connectivity index (χ1n) is 4.60. The van der Waals surface area contributed by atoms with Gasteiger partial charge in [0.25, 0.3) is 5.65 Å². The van der Waals surface area contributed by atoms with Crippen LogP contribution in [0.15, 0.2) is 28.9 Å². The monoisotopic (exact) mass is 233 g/mol. The predicted octanol–water partition coefficient (Wildman–Crippen LogP) is 0.131. The summed E-state index contributed by atoms with van der Waals surface area (Å²) >= 11 is 0. The van der Waals surface area contributed by atoms with Crippen LogP contribution < -0.4 is 4.80 Å². The molecule has 0 unspecified atom stereocenters. The van der Waals surface area contributed by atoms with Gasteiger partial charge in [-0.1, -0.05) is 12.1 Å². The second kappa shape index (κ2) is 3.33. The van der Waals surface area contributed by atoms with Crippen molar-refractivity contribution in [1.82, 2.24) is 20.5 Å². The Labute approximate surface area is 92.8 Å². The number of nitrogens with zero attached hydrogens (tertiary/aromatic N) is 5. The van der Waals surface area contributed by atoms with Crippen molar-refractivity contribution in [3.63, 3.8) is 0 Å². The predicted molar refractivity (Wildman–Crippen MR) is 52.1 cm³/mol. The molecule has 3 rings (SSSR count). The number of aromatic nitrogens is 5. The van der Waals surface area contributed by atoms with Gasteiger partial charge >= 0.3 is 17.0 Å². The number of benzene rings is 1. The van der Waals surface area contributed by atoms with Gasteiger partial charge in [-0.2, -0.15) is 0 Å². The SMILES string of the molecule is O=[N+]([O-])c1ccccc1-[n+]1nc2nonc2[nH]1. The van der Waals surface area contributed by atoms with Gasteiger partial charge in [0.15, 0.2) is 0 Å². The summed E-state index contributed by atoms with van der Waals surface area (Å²) in [5.41, 5.74) is 0.814. The molecule has 0 aliphatic carbocycles. The average molecular weight is 233 g/mol. The quantitative estimate of drug-likeness (QED) is 0.382. The number of para-hydroxylation sites is 2. The lowest BCUT2D eigenvalue weighted by molar-refractivity contribution is -0.713. The number of rotatable bonds is 2. The zero-order chi connectivity index (χ0) is 11.8. The molecule has 0 radical (unpaired) electrons. The van der Waals surface area contributed by atoms with Crippen molar-refractivity contribution < 1.29 is 14.3 Å². The van der Waals surface area contributed by atoms with Crippen molar-refractivity contribution in [2.75, 3.05) is 0 Å². The molecule has 0 spiro atoms. The first-order valence-corrected chi connectivity index (χ1v) is 4.60. The Morgan fingerprint density at radius 1 is 1.35 bits per heavy atom.